The fraction of sp³-hybridized carbons (Fsp3) is 0.174. The second-order valence-electron chi connectivity index (χ2n) is 6.95. The average molecular weight is 424 g/mol. The van der Waals surface area contributed by atoms with Crippen LogP contribution in [-0.2, 0) is 22.6 Å². The van der Waals surface area contributed by atoms with E-state index < -0.39 is 5.97 Å². The lowest BCUT2D eigenvalue weighted by Crippen LogP contribution is -2.08. The molecule has 154 valence electrons. The van der Waals surface area contributed by atoms with Crippen LogP contribution in [0, 0.1) is 13.8 Å². The number of nitrogens with zero attached hydrogens (tertiary/aromatic N) is 2. The molecular weight excluding hydrogens is 402 g/mol. The molecule has 2 N–H and O–H groups in total. The van der Waals surface area contributed by atoms with Gasteiger partial charge in [0.2, 0.25) is 5.91 Å². The zero-order valence-electron chi connectivity index (χ0n) is 16.7. The molecule has 1 amide bonds. The van der Waals surface area contributed by atoms with Crippen molar-refractivity contribution in [1.29, 1.82) is 0 Å². The summed E-state index contributed by atoms with van der Waals surface area (Å²) in [4.78, 5) is 23.1. The molecule has 0 bridgehead atoms. The van der Waals surface area contributed by atoms with E-state index in [0.717, 1.165) is 28.1 Å². The molecule has 0 aliphatic heterocycles. The molecule has 2 aromatic carbocycles. The lowest BCUT2D eigenvalue weighted by atomic mass is 10.1. The molecule has 0 unspecified atom stereocenters. The molecule has 0 spiro atoms. The normalized spacial score (nSPS) is 11.0. The second-order valence-corrected chi connectivity index (χ2v) is 7.39. The Morgan fingerprint density at radius 1 is 1.10 bits per heavy atom. The van der Waals surface area contributed by atoms with Gasteiger partial charge in [-0.1, -0.05) is 35.9 Å². The molecule has 0 saturated carbocycles. The molecular formula is C23H22ClN3O3. The molecule has 0 fully saturated rings. The third kappa shape index (κ3) is 5.58. The third-order valence-electron chi connectivity index (χ3n) is 4.71. The van der Waals surface area contributed by atoms with Gasteiger partial charge in [-0.05, 0) is 55.3 Å². The number of carbonyl (C=O) groups is 2. The summed E-state index contributed by atoms with van der Waals surface area (Å²) < 4.78 is 1.80. The summed E-state index contributed by atoms with van der Waals surface area (Å²) in [6.07, 6.45) is 3.15. The molecule has 0 aliphatic rings. The number of aryl methyl sites for hydroxylation is 1. The van der Waals surface area contributed by atoms with E-state index >= 15 is 0 Å². The van der Waals surface area contributed by atoms with Gasteiger partial charge in [0, 0.05) is 28.0 Å². The Morgan fingerprint density at radius 3 is 2.40 bits per heavy atom. The number of carbonyl (C=O) groups excluding carboxylic acids is 1. The molecule has 6 nitrogen and oxygen atoms in total. The summed E-state index contributed by atoms with van der Waals surface area (Å²) in [5.41, 5.74) is 4.89. The number of benzene rings is 2. The fourth-order valence-corrected chi connectivity index (χ4v) is 3.22. The molecule has 1 heterocycles. The first-order valence-corrected chi connectivity index (χ1v) is 9.78. The minimum absolute atomic E-state index is 0.0355. The van der Waals surface area contributed by atoms with Gasteiger partial charge in [-0.3, -0.25) is 14.3 Å². The van der Waals surface area contributed by atoms with Crippen molar-refractivity contribution in [2.75, 3.05) is 5.32 Å². The highest BCUT2D eigenvalue weighted by Gasteiger charge is 2.14. The summed E-state index contributed by atoms with van der Waals surface area (Å²) in [5.74, 6) is -1.10. The van der Waals surface area contributed by atoms with Gasteiger partial charge in [0.15, 0.2) is 0 Å². The van der Waals surface area contributed by atoms with E-state index in [4.69, 9.17) is 16.7 Å². The summed E-state index contributed by atoms with van der Waals surface area (Å²) in [6.45, 7) is 4.22. The number of hydrogen-bond acceptors (Lipinski definition) is 3. The lowest BCUT2D eigenvalue weighted by molar-refractivity contribution is -0.136. The van der Waals surface area contributed by atoms with Crippen LogP contribution in [0.4, 0.5) is 5.69 Å². The monoisotopic (exact) mass is 423 g/mol. The Hall–Kier alpha value is -3.38. The number of hydrogen-bond donors (Lipinski definition) is 2. The fourth-order valence-electron chi connectivity index (χ4n) is 3.09. The zero-order chi connectivity index (χ0) is 21.7. The van der Waals surface area contributed by atoms with Gasteiger partial charge in [-0.25, -0.2) is 0 Å². The predicted molar refractivity (Wildman–Crippen MR) is 118 cm³/mol. The SMILES string of the molecule is Cc1nn(Cc2ccc(NC(=O)C=Cc3ccc(Cl)cc3)cc2)c(C)c1CC(=O)O. The van der Waals surface area contributed by atoms with E-state index in [0.29, 0.717) is 17.3 Å². The first-order valence-electron chi connectivity index (χ1n) is 9.40. The van der Waals surface area contributed by atoms with E-state index in [1.54, 1.807) is 22.9 Å². The summed E-state index contributed by atoms with van der Waals surface area (Å²) in [5, 5.41) is 17.0. The summed E-state index contributed by atoms with van der Waals surface area (Å²) >= 11 is 5.85. The largest absolute Gasteiger partial charge is 0.481 e. The van der Waals surface area contributed by atoms with Crippen LogP contribution in [0.3, 0.4) is 0 Å². The van der Waals surface area contributed by atoms with Gasteiger partial charge < -0.3 is 10.4 Å². The number of aliphatic carboxylic acids is 1. The standard InChI is InChI=1S/C23H22ClN3O3/c1-15-21(13-23(29)30)16(2)27(26-15)14-18-5-10-20(11-6-18)25-22(28)12-7-17-3-8-19(24)9-4-17/h3-12H,13-14H2,1-2H3,(H,25,28)(H,29,30). The van der Waals surface area contributed by atoms with Gasteiger partial charge in [-0.15, -0.1) is 0 Å². The predicted octanol–water partition coefficient (Wildman–Crippen LogP) is 4.48. The first-order chi connectivity index (χ1) is 14.3. The van der Waals surface area contributed by atoms with E-state index in [2.05, 4.69) is 10.4 Å². The number of nitrogens with one attached hydrogen (secondary N) is 1. The summed E-state index contributed by atoms with van der Waals surface area (Å²) in [7, 11) is 0. The van der Waals surface area contributed by atoms with Gasteiger partial charge in [0.25, 0.3) is 0 Å². The van der Waals surface area contributed by atoms with Gasteiger partial charge >= 0.3 is 5.97 Å². The third-order valence-corrected chi connectivity index (χ3v) is 4.96. The van der Waals surface area contributed by atoms with Crippen molar-refractivity contribution < 1.29 is 14.7 Å². The van der Waals surface area contributed by atoms with Crippen LogP contribution in [0.25, 0.3) is 6.08 Å². The highest BCUT2D eigenvalue weighted by molar-refractivity contribution is 6.30. The highest BCUT2D eigenvalue weighted by Crippen LogP contribution is 2.17. The lowest BCUT2D eigenvalue weighted by Gasteiger charge is -2.07. The molecule has 0 saturated heterocycles. The van der Waals surface area contributed by atoms with Crippen molar-refractivity contribution >= 4 is 35.2 Å². The molecule has 0 aliphatic carbocycles. The van der Waals surface area contributed by atoms with Crippen molar-refractivity contribution in [3.05, 3.63) is 87.7 Å². The number of amides is 1. The molecule has 1 aromatic heterocycles. The zero-order valence-corrected chi connectivity index (χ0v) is 17.5. The van der Waals surface area contributed by atoms with Crippen LogP contribution in [-0.4, -0.2) is 26.8 Å². The topological polar surface area (TPSA) is 84.2 Å². The minimum atomic E-state index is -0.869. The van der Waals surface area contributed by atoms with Crippen LogP contribution < -0.4 is 5.32 Å². The number of carboxylic acid groups (broad SMARTS) is 1. The number of rotatable bonds is 7. The van der Waals surface area contributed by atoms with Crippen LogP contribution in [0.2, 0.25) is 5.02 Å². The number of carboxylic acids is 1. The van der Waals surface area contributed by atoms with Crippen molar-refractivity contribution in [1.82, 2.24) is 9.78 Å². The summed E-state index contributed by atoms with van der Waals surface area (Å²) in [6, 6.07) is 14.7. The van der Waals surface area contributed by atoms with Gasteiger partial charge in [0.1, 0.15) is 0 Å². The van der Waals surface area contributed by atoms with Crippen LogP contribution in [0.5, 0.6) is 0 Å². The quantitative estimate of drug-likeness (QED) is 0.549. The van der Waals surface area contributed by atoms with E-state index in [1.165, 1.54) is 6.08 Å². The first kappa shape index (κ1) is 21.3. The van der Waals surface area contributed by atoms with E-state index in [9.17, 15) is 9.59 Å². The maximum Gasteiger partial charge on any atom is 0.307 e. The number of anilines is 1. The Balaban J connectivity index is 1.62. The molecule has 0 atom stereocenters. The molecule has 3 rings (SSSR count). The Kier molecular flexibility index (Phi) is 6.69. The van der Waals surface area contributed by atoms with Crippen LogP contribution >= 0.6 is 11.6 Å². The van der Waals surface area contributed by atoms with Crippen molar-refractivity contribution in [3.8, 4) is 0 Å². The maximum atomic E-state index is 12.1. The second kappa shape index (κ2) is 9.41. The van der Waals surface area contributed by atoms with Crippen LogP contribution in [0.15, 0.2) is 54.6 Å². The molecule has 7 heteroatoms. The highest BCUT2D eigenvalue weighted by atomic mass is 35.5. The van der Waals surface area contributed by atoms with Crippen molar-refractivity contribution in [2.24, 2.45) is 0 Å². The molecule has 30 heavy (non-hydrogen) atoms. The smallest absolute Gasteiger partial charge is 0.307 e. The number of halogens is 1. The van der Waals surface area contributed by atoms with Gasteiger partial charge in [0.05, 0.1) is 18.7 Å². The maximum absolute atomic E-state index is 12.1. The molecule has 3 aromatic rings. The van der Waals surface area contributed by atoms with Gasteiger partial charge in [-0.2, -0.15) is 5.10 Å². The van der Waals surface area contributed by atoms with Crippen molar-refractivity contribution in [3.63, 3.8) is 0 Å². The average Bonchev–Trinajstić information content (AvgIpc) is 2.96. The Labute approximate surface area is 179 Å². The van der Waals surface area contributed by atoms with Crippen LogP contribution in [0.1, 0.15) is 28.1 Å². The minimum Gasteiger partial charge on any atom is -0.481 e. The Bertz CT molecular complexity index is 1080. The Morgan fingerprint density at radius 2 is 1.77 bits per heavy atom. The van der Waals surface area contributed by atoms with E-state index in [-0.39, 0.29) is 12.3 Å². The molecule has 0 radical (unpaired) electrons. The van der Waals surface area contributed by atoms with E-state index in [1.807, 2.05) is 50.2 Å². The van der Waals surface area contributed by atoms with Crippen molar-refractivity contribution in [2.45, 2.75) is 26.8 Å². The number of aromatic nitrogens is 2.